The lowest BCUT2D eigenvalue weighted by atomic mass is 9.98. The van der Waals surface area contributed by atoms with E-state index in [4.69, 9.17) is 0 Å². The van der Waals surface area contributed by atoms with Gasteiger partial charge in [-0.25, -0.2) is 9.18 Å². The van der Waals surface area contributed by atoms with Crippen LogP contribution >= 0.6 is 0 Å². The molecule has 2 aromatic carbocycles. The molecule has 0 atom stereocenters. The predicted octanol–water partition coefficient (Wildman–Crippen LogP) is 4.30. The topological polar surface area (TPSA) is 26.3 Å². The Kier molecular flexibility index (Phi) is 3.97. The zero-order valence-electron chi connectivity index (χ0n) is 10.9. The van der Waals surface area contributed by atoms with Gasteiger partial charge in [0, 0.05) is 0 Å². The van der Waals surface area contributed by atoms with Crippen LogP contribution in [-0.2, 0) is 10.9 Å². The number of hydrogen-bond donors (Lipinski definition) is 0. The Hall–Kier alpha value is -2.37. The quantitative estimate of drug-likeness (QED) is 0.610. The summed E-state index contributed by atoms with van der Waals surface area (Å²) >= 11 is 0. The minimum Gasteiger partial charge on any atom is -0.465 e. The molecule has 0 radical (unpaired) electrons. The number of carbonyl (C=O) groups is 1. The second-order valence-electron chi connectivity index (χ2n) is 4.23. The number of halogens is 4. The minimum absolute atomic E-state index is 0.176. The molecule has 2 aromatic rings. The molecule has 0 unspecified atom stereocenters. The van der Waals surface area contributed by atoms with Crippen LogP contribution in [0.3, 0.4) is 0 Å². The Morgan fingerprint density at radius 2 is 1.67 bits per heavy atom. The van der Waals surface area contributed by atoms with Crippen LogP contribution < -0.4 is 0 Å². The first-order valence-electron chi connectivity index (χ1n) is 5.89. The highest BCUT2D eigenvalue weighted by molar-refractivity contribution is 5.97. The summed E-state index contributed by atoms with van der Waals surface area (Å²) < 4.78 is 55.8. The van der Waals surface area contributed by atoms with Crippen molar-refractivity contribution in [2.24, 2.45) is 0 Å². The van der Waals surface area contributed by atoms with Crippen molar-refractivity contribution in [2.45, 2.75) is 6.18 Å². The molecule has 6 heteroatoms. The number of ether oxygens (including phenoxy) is 1. The van der Waals surface area contributed by atoms with Gasteiger partial charge in [-0.05, 0) is 29.3 Å². The Morgan fingerprint density at radius 1 is 1.05 bits per heavy atom. The van der Waals surface area contributed by atoms with Gasteiger partial charge in [0.05, 0.1) is 12.7 Å². The van der Waals surface area contributed by atoms with E-state index in [1.807, 2.05) is 0 Å². The molecule has 0 bridgehead atoms. The first-order chi connectivity index (χ1) is 9.84. The maximum atomic E-state index is 13.8. The van der Waals surface area contributed by atoms with Gasteiger partial charge in [0.25, 0.3) is 0 Å². The fraction of sp³-hybridized carbons (Fsp3) is 0.133. The molecule has 21 heavy (non-hydrogen) atoms. The van der Waals surface area contributed by atoms with Crippen molar-refractivity contribution in [3.05, 3.63) is 59.4 Å². The van der Waals surface area contributed by atoms with E-state index in [1.54, 1.807) is 0 Å². The molecule has 0 saturated heterocycles. The molecule has 2 rings (SSSR count). The number of carbonyl (C=O) groups excluding carboxylic acids is 1. The van der Waals surface area contributed by atoms with Crippen LogP contribution in [0.5, 0.6) is 0 Å². The molecule has 0 aliphatic carbocycles. The average Bonchev–Trinajstić information content (AvgIpc) is 2.45. The molecule has 2 nitrogen and oxygen atoms in total. The molecule has 0 fully saturated rings. The maximum absolute atomic E-state index is 13.8. The van der Waals surface area contributed by atoms with E-state index in [1.165, 1.54) is 24.3 Å². The van der Waals surface area contributed by atoms with E-state index in [-0.39, 0.29) is 11.1 Å². The largest absolute Gasteiger partial charge is 0.465 e. The van der Waals surface area contributed by atoms with E-state index in [2.05, 4.69) is 4.74 Å². The summed E-state index contributed by atoms with van der Waals surface area (Å²) in [5.41, 5.74) is -0.652. The third-order valence-corrected chi connectivity index (χ3v) is 2.93. The molecule has 0 aromatic heterocycles. The number of rotatable bonds is 2. The predicted molar refractivity (Wildman–Crippen MR) is 68.2 cm³/mol. The second-order valence-corrected chi connectivity index (χ2v) is 4.23. The van der Waals surface area contributed by atoms with E-state index < -0.39 is 23.5 Å². The third kappa shape index (κ3) is 3.04. The number of benzene rings is 2. The highest BCUT2D eigenvalue weighted by atomic mass is 19.4. The van der Waals surface area contributed by atoms with Gasteiger partial charge in [0.1, 0.15) is 11.4 Å². The summed E-state index contributed by atoms with van der Waals surface area (Å²) in [5, 5.41) is 0. The Bertz CT molecular complexity index is 660. The normalized spacial score (nSPS) is 11.3. The number of hydrogen-bond acceptors (Lipinski definition) is 2. The van der Waals surface area contributed by atoms with Crippen molar-refractivity contribution in [1.29, 1.82) is 0 Å². The molecule has 0 heterocycles. The van der Waals surface area contributed by atoms with Crippen LogP contribution in [0.1, 0.15) is 15.9 Å². The van der Waals surface area contributed by atoms with Gasteiger partial charge in [-0.15, -0.1) is 0 Å². The van der Waals surface area contributed by atoms with Gasteiger partial charge in [0.2, 0.25) is 0 Å². The molecule has 0 N–H and O–H groups in total. The summed E-state index contributed by atoms with van der Waals surface area (Å²) in [6.07, 6.45) is -4.45. The molecule has 0 spiro atoms. The lowest BCUT2D eigenvalue weighted by Crippen LogP contribution is -2.07. The maximum Gasteiger partial charge on any atom is 0.416 e. The molecule has 0 amide bonds. The van der Waals surface area contributed by atoms with Crippen molar-refractivity contribution in [1.82, 2.24) is 0 Å². The Labute approximate surface area is 118 Å². The fourth-order valence-corrected chi connectivity index (χ4v) is 1.91. The van der Waals surface area contributed by atoms with E-state index in [0.29, 0.717) is 5.56 Å². The van der Waals surface area contributed by atoms with Crippen LogP contribution in [0.25, 0.3) is 11.1 Å². The van der Waals surface area contributed by atoms with Gasteiger partial charge in [0.15, 0.2) is 0 Å². The van der Waals surface area contributed by atoms with Crippen molar-refractivity contribution in [2.75, 3.05) is 7.11 Å². The summed E-state index contributed by atoms with van der Waals surface area (Å²) in [6, 6.07) is 8.02. The monoisotopic (exact) mass is 298 g/mol. The lowest BCUT2D eigenvalue weighted by Gasteiger charge is -2.11. The van der Waals surface area contributed by atoms with Crippen LogP contribution in [-0.4, -0.2) is 13.1 Å². The van der Waals surface area contributed by atoms with Crippen molar-refractivity contribution in [3.63, 3.8) is 0 Å². The van der Waals surface area contributed by atoms with Gasteiger partial charge in [-0.3, -0.25) is 0 Å². The minimum atomic E-state index is -4.45. The van der Waals surface area contributed by atoms with E-state index >= 15 is 0 Å². The van der Waals surface area contributed by atoms with Crippen molar-refractivity contribution < 1.29 is 27.1 Å². The fourth-order valence-electron chi connectivity index (χ4n) is 1.91. The van der Waals surface area contributed by atoms with Crippen molar-refractivity contribution >= 4 is 5.97 Å². The van der Waals surface area contributed by atoms with E-state index in [0.717, 1.165) is 25.3 Å². The smallest absolute Gasteiger partial charge is 0.416 e. The molecule has 0 aliphatic heterocycles. The molecule has 110 valence electrons. The van der Waals surface area contributed by atoms with Gasteiger partial charge < -0.3 is 4.74 Å². The number of methoxy groups -OCH3 is 1. The van der Waals surface area contributed by atoms with E-state index in [9.17, 15) is 22.4 Å². The van der Waals surface area contributed by atoms with Crippen LogP contribution in [0, 0.1) is 5.82 Å². The zero-order valence-corrected chi connectivity index (χ0v) is 10.9. The number of alkyl halides is 3. The first kappa shape index (κ1) is 15.0. The molecular weight excluding hydrogens is 288 g/mol. The van der Waals surface area contributed by atoms with Gasteiger partial charge in [-0.1, -0.05) is 24.3 Å². The van der Waals surface area contributed by atoms with Crippen molar-refractivity contribution in [3.8, 4) is 11.1 Å². The first-order valence-corrected chi connectivity index (χ1v) is 5.89. The summed E-state index contributed by atoms with van der Waals surface area (Å²) in [5.74, 6) is -1.68. The lowest BCUT2D eigenvalue weighted by molar-refractivity contribution is -0.137. The zero-order chi connectivity index (χ0) is 15.6. The van der Waals surface area contributed by atoms with Crippen LogP contribution in [0.15, 0.2) is 42.5 Å². The second kappa shape index (κ2) is 5.55. The number of esters is 1. The third-order valence-electron chi connectivity index (χ3n) is 2.93. The van der Waals surface area contributed by atoms with Crippen LogP contribution in [0.2, 0.25) is 0 Å². The summed E-state index contributed by atoms with van der Waals surface area (Å²) in [4.78, 5) is 11.6. The Morgan fingerprint density at radius 3 is 2.19 bits per heavy atom. The highest BCUT2D eigenvalue weighted by Gasteiger charge is 2.30. The standard InChI is InChI=1S/C15H10F4O2/c1-21-14(20)13-11(3-2-4-12(13)16)9-5-7-10(8-6-9)15(17,18)19/h2-8H,1H3. The molecule has 0 saturated carbocycles. The molecular formula is C15H10F4O2. The Balaban J connectivity index is 2.52. The highest BCUT2D eigenvalue weighted by Crippen LogP contribution is 2.32. The van der Waals surface area contributed by atoms with Crippen LogP contribution in [0.4, 0.5) is 17.6 Å². The summed E-state index contributed by atoms with van der Waals surface area (Å²) in [7, 11) is 1.10. The molecule has 0 aliphatic rings. The SMILES string of the molecule is COC(=O)c1c(F)cccc1-c1ccc(C(F)(F)F)cc1. The summed E-state index contributed by atoms with van der Waals surface area (Å²) in [6.45, 7) is 0. The van der Waals surface area contributed by atoms with Gasteiger partial charge >= 0.3 is 12.1 Å². The average molecular weight is 298 g/mol. The van der Waals surface area contributed by atoms with Gasteiger partial charge in [-0.2, -0.15) is 13.2 Å².